The van der Waals surface area contributed by atoms with Crippen LogP contribution in [0.2, 0.25) is 0 Å². The van der Waals surface area contributed by atoms with Crippen LogP contribution in [0.5, 0.6) is 11.5 Å². The summed E-state index contributed by atoms with van der Waals surface area (Å²) in [5.74, 6) is 0.236. The van der Waals surface area contributed by atoms with Crippen LogP contribution in [0.4, 0.5) is 5.69 Å². The van der Waals surface area contributed by atoms with E-state index in [0.717, 1.165) is 27.2 Å². The van der Waals surface area contributed by atoms with E-state index in [2.05, 4.69) is 4.98 Å². The summed E-state index contributed by atoms with van der Waals surface area (Å²) in [7, 11) is 3.94. The number of nitrogens with zero attached hydrogens (tertiary/aromatic N) is 2. The summed E-state index contributed by atoms with van der Waals surface area (Å²) < 4.78 is 0. The SMILES string of the molecule is CN(C)c1ccnc(-c2cc3ccccc3c(-c3c(O)ccc4ccccc34)c2O)c1. The molecule has 0 saturated heterocycles. The van der Waals surface area contributed by atoms with Crippen molar-refractivity contribution < 1.29 is 10.2 Å². The van der Waals surface area contributed by atoms with Crippen molar-refractivity contribution in [2.75, 3.05) is 19.0 Å². The van der Waals surface area contributed by atoms with Gasteiger partial charge in [-0.05, 0) is 45.8 Å². The molecule has 0 aliphatic rings. The van der Waals surface area contributed by atoms with Gasteiger partial charge in [0, 0.05) is 42.7 Å². The number of aromatic nitrogens is 1. The number of benzene rings is 4. The van der Waals surface area contributed by atoms with Gasteiger partial charge < -0.3 is 15.1 Å². The number of rotatable bonds is 3. The highest BCUT2D eigenvalue weighted by Crippen LogP contribution is 2.48. The van der Waals surface area contributed by atoms with Crippen LogP contribution in [-0.4, -0.2) is 29.3 Å². The highest BCUT2D eigenvalue weighted by Gasteiger charge is 2.21. The van der Waals surface area contributed by atoms with Gasteiger partial charge in [0.2, 0.25) is 0 Å². The Morgan fingerprint density at radius 2 is 1.39 bits per heavy atom. The van der Waals surface area contributed by atoms with Crippen LogP contribution in [0.1, 0.15) is 0 Å². The van der Waals surface area contributed by atoms with Crippen LogP contribution in [0.3, 0.4) is 0 Å². The standard InChI is InChI=1S/C27H22N2O2/c1-29(2)19-13-14-28-23(16-19)22-15-18-8-4-6-10-21(18)26(27(22)31)25-20-9-5-3-7-17(20)11-12-24(25)30/h3-16,30-31H,1-2H3. The second-order valence-corrected chi connectivity index (χ2v) is 7.84. The number of phenolic OH excluding ortho intramolecular Hbond substituents is 2. The predicted octanol–water partition coefficient (Wildman–Crippen LogP) is 6.20. The fraction of sp³-hybridized carbons (Fsp3) is 0.0741. The average molecular weight is 406 g/mol. The van der Waals surface area contributed by atoms with Gasteiger partial charge in [-0.15, -0.1) is 0 Å². The molecule has 0 aliphatic heterocycles. The van der Waals surface area contributed by atoms with Crippen LogP contribution in [0.15, 0.2) is 85.1 Å². The molecule has 1 aromatic heterocycles. The van der Waals surface area contributed by atoms with E-state index in [9.17, 15) is 10.2 Å². The molecule has 4 heteroatoms. The number of fused-ring (bicyclic) bond motifs is 2. The molecule has 2 N–H and O–H groups in total. The van der Waals surface area contributed by atoms with Crippen LogP contribution < -0.4 is 4.90 Å². The zero-order valence-corrected chi connectivity index (χ0v) is 17.4. The molecule has 5 rings (SSSR count). The van der Waals surface area contributed by atoms with Crippen molar-refractivity contribution >= 4 is 27.2 Å². The molecule has 0 unspecified atom stereocenters. The van der Waals surface area contributed by atoms with E-state index < -0.39 is 0 Å². The molecule has 0 amide bonds. The molecule has 0 atom stereocenters. The first-order chi connectivity index (χ1) is 15.0. The number of hydrogen-bond donors (Lipinski definition) is 2. The van der Waals surface area contributed by atoms with Gasteiger partial charge in [0.15, 0.2) is 0 Å². The van der Waals surface area contributed by atoms with E-state index in [1.165, 1.54) is 0 Å². The third kappa shape index (κ3) is 3.13. The van der Waals surface area contributed by atoms with E-state index in [1.54, 1.807) is 12.3 Å². The molecular formula is C27H22N2O2. The van der Waals surface area contributed by atoms with Crippen molar-refractivity contribution in [3.05, 3.63) is 85.1 Å². The second kappa shape index (κ2) is 7.33. The number of hydrogen-bond acceptors (Lipinski definition) is 4. The van der Waals surface area contributed by atoms with Gasteiger partial charge >= 0.3 is 0 Å². The van der Waals surface area contributed by atoms with Gasteiger partial charge in [-0.3, -0.25) is 4.98 Å². The first kappa shape index (κ1) is 18.9. The Balaban J connectivity index is 1.90. The fourth-order valence-corrected chi connectivity index (χ4v) is 4.15. The van der Waals surface area contributed by atoms with Crippen molar-refractivity contribution in [3.8, 4) is 33.9 Å². The molecule has 4 aromatic carbocycles. The lowest BCUT2D eigenvalue weighted by atomic mass is 9.89. The van der Waals surface area contributed by atoms with E-state index in [1.807, 2.05) is 91.8 Å². The molecule has 152 valence electrons. The molecule has 5 aromatic rings. The number of phenols is 2. The van der Waals surface area contributed by atoms with Crippen LogP contribution in [0.25, 0.3) is 43.9 Å². The Hall–Kier alpha value is -4.05. The summed E-state index contributed by atoms with van der Waals surface area (Å²) in [6, 6.07) is 25.2. The number of pyridine rings is 1. The van der Waals surface area contributed by atoms with Gasteiger partial charge in [-0.2, -0.15) is 0 Å². The Kier molecular flexibility index (Phi) is 4.48. The van der Waals surface area contributed by atoms with E-state index in [4.69, 9.17) is 0 Å². The summed E-state index contributed by atoms with van der Waals surface area (Å²) in [4.78, 5) is 6.53. The molecule has 0 radical (unpaired) electrons. The highest BCUT2D eigenvalue weighted by molar-refractivity contribution is 6.11. The van der Waals surface area contributed by atoms with Crippen molar-refractivity contribution in [2.24, 2.45) is 0 Å². The lowest BCUT2D eigenvalue weighted by molar-refractivity contribution is 0.471. The normalized spacial score (nSPS) is 11.2. The van der Waals surface area contributed by atoms with Crippen molar-refractivity contribution in [1.29, 1.82) is 0 Å². The Morgan fingerprint density at radius 1 is 0.710 bits per heavy atom. The summed E-state index contributed by atoms with van der Waals surface area (Å²) >= 11 is 0. The number of aromatic hydroxyl groups is 2. The summed E-state index contributed by atoms with van der Waals surface area (Å²) in [6.45, 7) is 0. The van der Waals surface area contributed by atoms with E-state index >= 15 is 0 Å². The quantitative estimate of drug-likeness (QED) is 0.375. The second-order valence-electron chi connectivity index (χ2n) is 7.84. The van der Waals surface area contributed by atoms with Gasteiger partial charge in [-0.1, -0.05) is 54.6 Å². The third-order valence-corrected chi connectivity index (χ3v) is 5.71. The maximum atomic E-state index is 11.5. The lowest BCUT2D eigenvalue weighted by Gasteiger charge is -2.18. The van der Waals surface area contributed by atoms with Crippen LogP contribution in [0, 0.1) is 0 Å². The minimum Gasteiger partial charge on any atom is -0.507 e. The highest BCUT2D eigenvalue weighted by atomic mass is 16.3. The largest absolute Gasteiger partial charge is 0.507 e. The maximum Gasteiger partial charge on any atom is 0.133 e. The summed E-state index contributed by atoms with van der Waals surface area (Å²) in [5, 5.41) is 26.2. The molecule has 4 nitrogen and oxygen atoms in total. The topological polar surface area (TPSA) is 56.6 Å². The van der Waals surface area contributed by atoms with E-state index in [-0.39, 0.29) is 11.5 Å². The smallest absolute Gasteiger partial charge is 0.133 e. The molecule has 1 heterocycles. The molecule has 0 bridgehead atoms. The third-order valence-electron chi connectivity index (χ3n) is 5.71. The molecule has 0 fully saturated rings. The average Bonchev–Trinajstić information content (AvgIpc) is 2.79. The van der Waals surface area contributed by atoms with Gasteiger partial charge in [-0.25, -0.2) is 0 Å². The monoisotopic (exact) mass is 406 g/mol. The lowest BCUT2D eigenvalue weighted by Crippen LogP contribution is -2.08. The maximum absolute atomic E-state index is 11.5. The molecule has 31 heavy (non-hydrogen) atoms. The van der Waals surface area contributed by atoms with Gasteiger partial charge in [0.1, 0.15) is 11.5 Å². The fourth-order valence-electron chi connectivity index (χ4n) is 4.15. The van der Waals surface area contributed by atoms with Gasteiger partial charge in [0.05, 0.1) is 5.69 Å². The molecule has 0 spiro atoms. The first-order valence-electron chi connectivity index (χ1n) is 10.1. The van der Waals surface area contributed by atoms with Gasteiger partial charge in [0.25, 0.3) is 0 Å². The minimum atomic E-state index is 0.105. The zero-order valence-electron chi connectivity index (χ0n) is 17.4. The number of anilines is 1. The summed E-state index contributed by atoms with van der Waals surface area (Å²) in [5.41, 5.74) is 3.53. The van der Waals surface area contributed by atoms with Crippen molar-refractivity contribution in [1.82, 2.24) is 4.98 Å². The van der Waals surface area contributed by atoms with Crippen LogP contribution >= 0.6 is 0 Å². The Labute approximate surface area is 180 Å². The minimum absolute atomic E-state index is 0.105. The first-order valence-corrected chi connectivity index (χ1v) is 10.1. The van der Waals surface area contributed by atoms with Crippen LogP contribution in [-0.2, 0) is 0 Å². The molecule has 0 saturated carbocycles. The Morgan fingerprint density at radius 3 is 2.13 bits per heavy atom. The predicted molar refractivity (Wildman–Crippen MR) is 128 cm³/mol. The van der Waals surface area contributed by atoms with Crippen molar-refractivity contribution in [3.63, 3.8) is 0 Å². The zero-order chi connectivity index (χ0) is 21.5. The van der Waals surface area contributed by atoms with E-state index in [0.29, 0.717) is 22.4 Å². The molecular weight excluding hydrogens is 384 g/mol. The Bertz CT molecular complexity index is 1440. The summed E-state index contributed by atoms with van der Waals surface area (Å²) in [6.07, 6.45) is 1.74. The molecule has 0 aliphatic carbocycles. The van der Waals surface area contributed by atoms with Crippen molar-refractivity contribution in [2.45, 2.75) is 0 Å².